The molecule has 0 radical (unpaired) electrons. The number of rotatable bonds is 11. The average molecular weight is 659 g/mol. The van der Waals surface area contributed by atoms with Gasteiger partial charge in [-0.2, -0.15) is 0 Å². The van der Waals surface area contributed by atoms with E-state index in [1.807, 2.05) is 20.8 Å². The maximum atomic E-state index is 14.0. The van der Waals surface area contributed by atoms with E-state index in [1.165, 1.54) is 35.2 Å². The van der Waals surface area contributed by atoms with Gasteiger partial charge in [-0.05, 0) is 75.2 Å². The van der Waals surface area contributed by atoms with Crippen molar-refractivity contribution >= 4 is 73.9 Å². The molecule has 220 valence electrons. The average Bonchev–Trinajstić information content (AvgIpc) is 2.91. The molecule has 41 heavy (non-hydrogen) atoms. The third-order valence-corrected chi connectivity index (χ3v) is 9.49. The van der Waals surface area contributed by atoms with Gasteiger partial charge in [0, 0.05) is 22.6 Å². The Balaban J connectivity index is 2.07. The van der Waals surface area contributed by atoms with E-state index in [4.69, 9.17) is 46.4 Å². The van der Waals surface area contributed by atoms with Gasteiger partial charge in [0.05, 0.1) is 20.6 Å². The standard InChI is InChI=1S/C29H31Cl4N3O4S/c1-5-19(3)34-29(38)20(4)35(16-21-8-11-26(32)27(33)12-21)28(37)17-36(24-14-22(30)13-23(31)15-24)41(39,40)25-9-6-18(2)7-10-25/h6-15,19-20H,5,16-17H2,1-4H3,(H,34,38). The van der Waals surface area contributed by atoms with Crippen molar-refractivity contribution in [3.05, 3.63) is 91.9 Å². The number of anilines is 1. The highest BCUT2D eigenvalue weighted by Gasteiger charge is 2.33. The summed E-state index contributed by atoms with van der Waals surface area (Å²) in [5.74, 6) is -1.01. The maximum absolute atomic E-state index is 14.0. The van der Waals surface area contributed by atoms with Crippen LogP contribution < -0.4 is 9.62 Å². The fourth-order valence-electron chi connectivity index (χ4n) is 3.93. The summed E-state index contributed by atoms with van der Waals surface area (Å²) < 4.78 is 28.8. The number of hydrogen-bond acceptors (Lipinski definition) is 4. The van der Waals surface area contributed by atoms with Crippen LogP contribution in [0, 0.1) is 6.92 Å². The zero-order valence-corrected chi connectivity index (χ0v) is 26.8. The number of halogens is 4. The highest BCUT2D eigenvalue weighted by molar-refractivity contribution is 7.92. The van der Waals surface area contributed by atoms with Crippen LogP contribution in [0.5, 0.6) is 0 Å². The third kappa shape index (κ3) is 8.52. The van der Waals surface area contributed by atoms with Crippen LogP contribution in [-0.2, 0) is 26.2 Å². The van der Waals surface area contributed by atoms with E-state index in [0.717, 1.165) is 9.87 Å². The quantitative estimate of drug-likeness (QED) is 0.237. The molecule has 0 aliphatic heterocycles. The number of nitrogens with one attached hydrogen (secondary N) is 1. The Morgan fingerprint density at radius 2 is 1.49 bits per heavy atom. The first-order chi connectivity index (χ1) is 19.2. The molecule has 2 unspecified atom stereocenters. The lowest BCUT2D eigenvalue weighted by atomic mass is 10.1. The first-order valence-corrected chi connectivity index (χ1v) is 15.8. The molecule has 0 aromatic heterocycles. The Morgan fingerprint density at radius 3 is 2.05 bits per heavy atom. The molecule has 1 N–H and O–H groups in total. The van der Waals surface area contributed by atoms with Crippen LogP contribution in [0.2, 0.25) is 20.1 Å². The molecule has 0 bridgehead atoms. The van der Waals surface area contributed by atoms with Crippen LogP contribution in [0.1, 0.15) is 38.3 Å². The molecule has 0 heterocycles. The van der Waals surface area contributed by atoms with Crippen molar-refractivity contribution in [1.82, 2.24) is 10.2 Å². The zero-order valence-electron chi connectivity index (χ0n) is 23.0. The zero-order chi connectivity index (χ0) is 30.5. The van der Waals surface area contributed by atoms with E-state index in [-0.39, 0.29) is 44.1 Å². The van der Waals surface area contributed by atoms with Crippen LogP contribution in [-0.4, -0.2) is 43.8 Å². The van der Waals surface area contributed by atoms with Gasteiger partial charge >= 0.3 is 0 Å². The van der Waals surface area contributed by atoms with Crippen LogP contribution >= 0.6 is 46.4 Å². The highest BCUT2D eigenvalue weighted by atomic mass is 35.5. The number of amides is 2. The van der Waals surface area contributed by atoms with Crippen LogP contribution in [0.25, 0.3) is 0 Å². The van der Waals surface area contributed by atoms with Crippen molar-refractivity contribution in [2.45, 2.75) is 57.6 Å². The van der Waals surface area contributed by atoms with Gasteiger partial charge in [0.25, 0.3) is 10.0 Å². The number of nitrogens with zero attached hydrogens (tertiary/aromatic N) is 2. The van der Waals surface area contributed by atoms with Gasteiger partial charge in [-0.1, -0.05) is 77.1 Å². The van der Waals surface area contributed by atoms with Crippen molar-refractivity contribution < 1.29 is 18.0 Å². The molecular weight excluding hydrogens is 628 g/mol. The van der Waals surface area contributed by atoms with Gasteiger partial charge in [-0.25, -0.2) is 8.42 Å². The van der Waals surface area contributed by atoms with Crippen molar-refractivity contribution in [3.8, 4) is 0 Å². The minimum Gasteiger partial charge on any atom is -0.352 e. The monoisotopic (exact) mass is 657 g/mol. The van der Waals surface area contributed by atoms with Crippen molar-refractivity contribution in [3.63, 3.8) is 0 Å². The lowest BCUT2D eigenvalue weighted by molar-refractivity contribution is -0.139. The minimum absolute atomic E-state index is 0.0226. The van der Waals surface area contributed by atoms with Gasteiger partial charge in [0.15, 0.2) is 0 Å². The van der Waals surface area contributed by atoms with Gasteiger partial charge < -0.3 is 10.2 Å². The summed E-state index contributed by atoms with van der Waals surface area (Å²) in [5, 5.41) is 3.89. The summed E-state index contributed by atoms with van der Waals surface area (Å²) >= 11 is 24.7. The van der Waals surface area contributed by atoms with Crippen LogP contribution in [0.15, 0.2) is 65.6 Å². The first kappa shape index (κ1) is 33.0. The molecule has 0 spiro atoms. The molecule has 0 fully saturated rings. The molecular formula is C29H31Cl4N3O4S. The Kier molecular flexibility index (Phi) is 11.4. The Morgan fingerprint density at radius 1 is 0.878 bits per heavy atom. The molecule has 0 saturated heterocycles. The van der Waals surface area contributed by atoms with E-state index in [2.05, 4.69) is 5.32 Å². The third-order valence-electron chi connectivity index (χ3n) is 6.53. The number of carbonyl (C=O) groups is 2. The van der Waals surface area contributed by atoms with Gasteiger partial charge in [0.1, 0.15) is 12.6 Å². The van der Waals surface area contributed by atoms with E-state index < -0.39 is 28.5 Å². The number of carbonyl (C=O) groups excluding carboxylic acids is 2. The lowest BCUT2D eigenvalue weighted by Gasteiger charge is -2.32. The summed E-state index contributed by atoms with van der Waals surface area (Å²) in [6.45, 7) is 6.55. The van der Waals surface area contributed by atoms with E-state index in [0.29, 0.717) is 17.0 Å². The smallest absolute Gasteiger partial charge is 0.264 e. The van der Waals surface area contributed by atoms with Crippen molar-refractivity contribution in [2.75, 3.05) is 10.8 Å². The van der Waals surface area contributed by atoms with Gasteiger partial charge in [-0.3, -0.25) is 13.9 Å². The van der Waals surface area contributed by atoms with Gasteiger partial charge in [-0.15, -0.1) is 0 Å². The first-order valence-electron chi connectivity index (χ1n) is 12.8. The predicted octanol–water partition coefficient (Wildman–Crippen LogP) is 7.14. The number of benzene rings is 3. The van der Waals surface area contributed by atoms with Crippen LogP contribution in [0.4, 0.5) is 5.69 Å². The minimum atomic E-state index is -4.26. The normalized spacial score (nSPS) is 12.9. The Hall–Kier alpha value is -2.49. The van der Waals surface area contributed by atoms with Crippen molar-refractivity contribution in [1.29, 1.82) is 0 Å². The summed E-state index contributed by atoms with van der Waals surface area (Å²) in [4.78, 5) is 28.4. The second-order valence-corrected chi connectivity index (χ2v) is 13.3. The second-order valence-electron chi connectivity index (χ2n) is 9.72. The lowest BCUT2D eigenvalue weighted by Crippen LogP contribution is -2.52. The molecule has 3 aromatic rings. The highest BCUT2D eigenvalue weighted by Crippen LogP contribution is 2.30. The summed E-state index contributed by atoms with van der Waals surface area (Å²) in [5.41, 5.74) is 1.57. The number of sulfonamides is 1. The molecule has 2 amide bonds. The molecule has 0 aliphatic rings. The van der Waals surface area contributed by atoms with Crippen LogP contribution in [0.3, 0.4) is 0 Å². The molecule has 3 rings (SSSR count). The summed E-state index contributed by atoms with van der Waals surface area (Å²) in [6.07, 6.45) is 0.692. The summed E-state index contributed by atoms with van der Waals surface area (Å²) in [7, 11) is -4.26. The molecule has 7 nitrogen and oxygen atoms in total. The fourth-order valence-corrected chi connectivity index (χ4v) is 6.17. The molecule has 0 saturated carbocycles. The number of aryl methyl sites for hydroxylation is 1. The van der Waals surface area contributed by atoms with E-state index in [9.17, 15) is 18.0 Å². The van der Waals surface area contributed by atoms with E-state index in [1.54, 1.807) is 37.3 Å². The molecule has 12 heteroatoms. The maximum Gasteiger partial charge on any atom is 0.264 e. The molecule has 3 aromatic carbocycles. The Labute approximate surface area is 261 Å². The van der Waals surface area contributed by atoms with Crippen molar-refractivity contribution in [2.24, 2.45) is 0 Å². The van der Waals surface area contributed by atoms with E-state index >= 15 is 0 Å². The predicted molar refractivity (Wildman–Crippen MR) is 167 cm³/mol. The second kappa shape index (κ2) is 14.1. The number of hydrogen-bond donors (Lipinski definition) is 1. The summed E-state index contributed by atoms with van der Waals surface area (Å²) in [6, 6.07) is 14.3. The molecule has 2 atom stereocenters. The fraction of sp³-hybridized carbons (Fsp3) is 0.310. The SMILES string of the molecule is CCC(C)NC(=O)C(C)N(Cc1ccc(Cl)c(Cl)c1)C(=O)CN(c1cc(Cl)cc(Cl)c1)S(=O)(=O)c1ccc(C)cc1. The topological polar surface area (TPSA) is 86.8 Å². The Bertz CT molecular complexity index is 1500. The molecule has 0 aliphatic carbocycles. The largest absolute Gasteiger partial charge is 0.352 e. The van der Waals surface area contributed by atoms with Gasteiger partial charge in [0.2, 0.25) is 11.8 Å².